The molecular weight excluding hydrogens is 322 g/mol. The maximum absolute atomic E-state index is 12.1. The van der Waals surface area contributed by atoms with Crippen molar-refractivity contribution >= 4 is 5.78 Å². The molecule has 2 aliphatic carbocycles. The number of hydrogen-bond acceptors (Lipinski definition) is 4. The van der Waals surface area contributed by atoms with Crippen molar-refractivity contribution in [1.29, 1.82) is 0 Å². The molecule has 4 rings (SSSR count). The number of likely N-dealkylation sites (tertiary alicyclic amines) is 1. The van der Waals surface area contributed by atoms with Gasteiger partial charge in [-0.1, -0.05) is 20.8 Å². The van der Waals surface area contributed by atoms with Crippen molar-refractivity contribution in [2.75, 3.05) is 13.1 Å². The number of hydrogen-bond donors (Lipinski definition) is 0. The smallest absolute Gasteiger partial charge is 0.138 e. The fraction of sp³-hybridized carbons (Fsp3) is 0.773. The van der Waals surface area contributed by atoms with Crippen molar-refractivity contribution in [3.8, 4) is 0 Å². The highest BCUT2D eigenvalue weighted by Gasteiger charge is 2.55. The summed E-state index contributed by atoms with van der Waals surface area (Å²) in [4.78, 5) is 23.8. The van der Waals surface area contributed by atoms with E-state index in [1.54, 1.807) is 0 Å². The standard InChI is InChI=1S/C22H33N3O/c1-4-20-23-13-18(14-24-20)16-5-7-25(8-6-16)19-11-22(12-19)9-17(10-22)21(26)15(2)3/h13-17,19H,4-12H2,1-3H3. The zero-order valence-electron chi connectivity index (χ0n) is 16.6. The lowest BCUT2D eigenvalue weighted by atomic mass is 9.48. The molecule has 1 aromatic rings. The van der Waals surface area contributed by atoms with Crippen LogP contribution in [0.5, 0.6) is 0 Å². The summed E-state index contributed by atoms with van der Waals surface area (Å²) in [5.74, 6) is 2.65. The molecular formula is C22H33N3O. The molecule has 1 saturated heterocycles. The van der Waals surface area contributed by atoms with Gasteiger partial charge in [-0.15, -0.1) is 0 Å². The second kappa shape index (κ2) is 7.03. The van der Waals surface area contributed by atoms with E-state index in [9.17, 15) is 4.79 Å². The van der Waals surface area contributed by atoms with Crippen LogP contribution in [0.25, 0.3) is 0 Å². The number of nitrogens with zero attached hydrogens (tertiary/aromatic N) is 3. The average Bonchev–Trinajstić information content (AvgIpc) is 2.59. The highest BCUT2D eigenvalue weighted by atomic mass is 16.1. The first-order chi connectivity index (χ1) is 12.5. The SMILES string of the molecule is CCc1ncc(C2CCN(C3CC4(CC(C(=O)C(C)C)C4)C3)CC2)cn1. The Hall–Kier alpha value is -1.29. The van der Waals surface area contributed by atoms with E-state index in [0.29, 0.717) is 23.0 Å². The molecule has 0 unspecified atom stereocenters. The molecule has 0 N–H and O–H groups in total. The Bertz CT molecular complexity index is 632. The first-order valence-electron chi connectivity index (χ1n) is 10.6. The average molecular weight is 356 g/mol. The van der Waals surface area contributed by atoms with E-state index in [1.807, 2.05) is 26.2 Å². The minimum Gasteiger partial charge on any atom is -0.300 e. The van der Waals surface area contributed by atoms with Crippen LogP contribution in [0, 0.1) is 17.3 Å². The zero-order valence-corrected chi connectivity index (χ0v) is 16.6. The van der Waals surface area contributed by atoms with Gasteiger partial charge in [0.25, 0.3) is 0 Å². The van der Waals surface area contributed by atoms with E-state index in [0.717, 1.165) is 31.1 Å². The van der Waals surface area contributed by atoms with Gasteiger partial charge in [0.05, 0.1) is 0 Å². The number of aryl methyl sites for hydroxylation is 1. The molecule has 1 aliphatic heterocycles. The largest absolute Gasteiger partial charge is 0.300 e. The summed E-state index contributed by atoms with van der Waals surface area (Å²) in [6.07, 6.45) is 12.4. The molecule has 4 nitrogen and oxygen atoms in total. The summed E-state index contributed by atoms with van der Waals surface area (Å²) >= 11 is 0. The second-order valence-corrected chi connectivity index (χ2v) is 9.32. The molecule has 1 aromatic heterocycles. The van der Waals surface area contributed by atoms with Crippen molar-refractivity contribution in [3.63, 3.8) is 0 Å². The van der Waals surface area contributed by atoms with Gasteiger partial charge in [0.2, 0.25) is 0 Å². The molecule has 2 heterocycles. The Kier molecular flexibility index (Phi) is 4.89. The lowest BCUT2D eigenvalue weighted by Crippen LogP contribution is -2.58. The Morgan fingerprint density at radius 1 is 1.15 bits per heavy atom. The van der Waals surface area contributed by atoms with Crippen LogP contribution in [0.3, 0.4) is 0 Å². The molecule has 142 valence electrons. The lowest BCUT2D eigenvalue weighted by molar-refractivity contribution is -0.144. The number of Topliss-reactive ketones (excluding diaryl/α,β-unsaturated/α-hetero) is 1. The van der Waals surface area contributed by atoms with Crippen LogP contribution >= 0.6 is 0 Å². The topological polar surface area (TPSA) is 46.1 Å². The van der Waals surface area contributed by atoms with E-state index >= 15 is 0 Å². The summed E-state index contributed by atoms with van der Waals surface area (Å²) in [6, 6.07) is 0.768. The fourth-order valence-corrected chi connectivity index (χ4v) is 5.55. The molecule has 26 heavy (non-hydrogen) atoms. The third kappa shape index (κ3) is 3.33. The van der Waals surface area contributed by atoms with Crippen molar-refractivity contribution in [1.82, 2.24) is 14.9 Å². The number of carbonyl (C=O) groups excluding carboxylic acids is 1. The van der Waals surface area contributed by atoms with E-state index in [2.05, 4.69) is 21.8 Å². The Labute approximate surface area is 157 Å². The van der Waals surface area contributed by atoms with Gasteiger partial charge < -0.3 is 4.90 Å². The zero-order chi connectivity index (χ0) is 18.3. The fourth-order valence-electron chi connectivity index (χ4n) is 5.55. The Morgan fingerprint density at radius 2 is 1.77 bits per heavy atom. The predicted octanol–water partition coefficient (Wildman–Crippen LogP) is 4.00. The third-order valence-electron chi connectivity index (χ3n) is 7.23. The highest BCUT2D eigenvalue weighted by Crippen LogP contribution is 2.60. The van der Waals surface area contributed by atoms with Gasteiger partial charge in [-0.3, -0.25) is 4.79 Å². The number of aromatic nitrogens is 2. The number of carbonyl (C=O) groups is 1. The highest BCUT2D eigenvalue weighted by molar-refractivity contribution is 5.83. The van der Waals surface area contributed by atoms with Crippen molar-refractivity contribution in [2.45, 2.75) is 77.7 Å². The van der Waals surface area contributed by atoms with Crippen molar-refractivity contribution in [3.05, 3.63) is 23.8 Å². The van der Waals surface area contributed by atoms with Crippen LogP contribution in [0.1, 0.15) is 76.6 Å². The first kappa shape index (κ1) is 18.1. The van der Waals surface area contributed by atoms with Gasteiger partial charge in [-0.2, -0.15) is 0 Å². The third-order valence-corrected chi connectivity index (χ3v) is 7.23. The maximum atomic E-state index is 12.1. The summed E-state index contributed by atoms with van der Waals surface area (Å²) in [5, 5.41) is 0. The summed E-state index contributed by atoms with van der Waals surface area (Å²) in [7, 11) is 0. The predicted molar refractivity (Wildman–Crippen MR) is 103 cm³/mol. The molecule has 0 atom stereocenters. The second-order valence-electron chi connectivity index (χ2n) is 9.32. The number of rotatable bonds is 5. The molecule has 4 heteroatoms. The maximum Gasteiger partial charge on any atom is 0.138 e. The minimum atomic E-state index is 0.211. The van der Waals surface area contributed by atoms with Gasteiger partial charge in [0, 0.05) is 36.7 Å². The van der Waals surface area contributed by atoms with E-state index in [4.69, 9.17) is 0 Å². The molecule has 2 saturated carbocycles. The Morgan fingerprint density at radius 3 is 2.31 bits per heavy atom. The minimum absolute atomic E-state index is 0.211. The molecule has 0 aromatic carbocycles. The quantitative estimate of drug-likeness (QED) is 0.801. The van der Waals surface area contributed by atoms with E-state index in [1.165, 1.54) is 44.3 Å². The number of ketones is 1. The van der Waals surface area contributed by atoms with Crippen molar-refractivity contribution in [2.24, 2.45) is 17.3 Å². The van der Waals surface area contributed by atoms with Crippen LogP contribution < -0.4 is 0 Å². The van der Waals surface area contributed by atoms with Crippen molar-refractivity contribution < 1.29 is 4.79 Å². The molecule has 0 bridgehead atoms. The van der Waals surface area contributed by atoms with Gasteiger partial charge in [0.15, 0.2) is 0 Å². The Balaban J connectivity index is 1.22. The first-order valence-corrected chi connectivity index (χ1v) is 10.6. The summed E-state index contributed by atoms with van der Waals surface area (Å²) in [6.45, 7) is 8.59. The molecule has 3 fully saturated rings. The van der Waals surface area contributed by atoms with E-state index < -0.39 is 0 Å². The summed E-state index contributed by atoms with van der Waals surface area (Å²) in [5.41, 5.74) is 1.85. The van der Waals surface area contributed by atoms with Gasteiger partial charge in [0.1, 0.15) is 11.6 Å². The van der Waals surface area contributed by atoms with Crippen LogP contribution in [0.15, 0.2) is 12.4 Å². The van der Waals surface area contributed by atoms with Crippen LogP contribution in [0.4, 0.5) is 0 Å². The van der Waals surface area contributed by atoms with Crippen LogP contribution in [-0.2, 0) is 11.2 Å². The van der Waals surface area contributed by atoms with Gasteiger partial charge in [-0.25, -0.2) is 9.97 Å². The normalized spacial score (nSPS) is 32.5. The van der Waals surface area contributed by atoms with E-state index in [-0.39, 0.29) is 5.92 Å². The molecule has 0 amide bonds. The monoisotopic (exact) mass is 355 g/mol. The number of piperidine rings is 1. The van der Waals surface area contributed by atoms with Crippen LogP contribution in [0.2, 0.25) is 0 Å². The summed E-state index contributed by atoms with van der Waals surface area (Å²) < 4.78 is 0. The van der Waals surface area contributed by atoms with Gasteiger partial charge in [-0.05, 0) is 68.5 Å². The molecule has 1 spiro atoms. The van der Waals surface area contributed by atoms with Crippen LogP contribution in [-0.4, -0.2) is 39.8 Å². The lowest BCUT2D eigenvalue weighted by Gasteiger charge is -2.60. The van der Waals surface area contributed by atoms with Gasteiger partial charge >= 0.3 is 0 Å². The molecule has 0 radical (unpaired) electrons. The molecule has 3 aliphatic rings.